The molecule has 0 unspecified atom stereocenters. The van der Waals surface area contributed by atoms with Gasteiger partial charge in [0.15, 0.2) is 0 Å². The van der Waals surface area contributed by atoms with Crippen LogP contribution in [0, 0.1) is 0 Å². The van der Waals surface area contributed by atoms with E-state index in [1.54, 1.807) is 4.90 Å². The second-order valence-electron chi connectivity index (χ2n) is 3.20. The van der Waals surface area contributed by atoms with E-state index in [4.69, 9.17) is 16.8 Å². The Balaban J connectivity index is 3.87. The maximum Gasteiger partial charge on any atom is 0.235 e. The number of carbonyl (C=O) groups excluding carboxylic acids is 2. The third-order valence-corrected chi connectivity index (χ3v) is 2.05. The molecule has 8 heteroatoms. The molecule has 0 atom stereocenters. The minimum atomic E-state index is -0.286. The predicted octanol–water partition coefficient (Wildman–Crippen LogP) is -2.96. The lowest BCUT2D eigenvalue weighted by Gasteiger charge is -2.20. The number of aliphatic hydroxyl groups is 1. The number of hydrazine groups is 2. The summed E-state index contributed by atoms with van der Waals surface area (Å²) in [5.74, 6) is 9.28. The van der Waals surface area contributed by atoms with Gasteiger partial charge >= 0.3 is 0 Å². The van der Waals surface area contributed by atoms with Crippen LogP contribution < -0.4 is 22.5 Å². The second kappa shape index (κ2) is 9.04. The molecular weight excluding hydrogens is 214 g/mol. The van der Waals surface area contributed by atoms with Crippen molar-refractivity contribution in [3.63, 3.8) is 0 Å². The number of hydrogen-bond acceptors (Lipinski definition) is 6. The first kappa shape index (κ1) is 14.8. The third-order valence-electron chi connectivity index (χ3n) is 2.05. The van der Waals surface area contributed by atoms with Crippen LogP contribution in [0.4, 0.5) is 0 Å². The van der Waals surface area contributed by atoms with Crippen molar-refractivity contribution in [2.24, 2.45) is 11.7 Å². The maximum absolute atomic E-state index is 10.9. The Morgan fingerprint density at radius 3 is 1.75 bits per heavy atom. The summed E-state index contributed by atoms with van der Waals surface area (Å²) in [5.41, 5.74) is 4.02. The number of aliphatic hydroxyl groups excluding tert-OH is 1. The highest BCUT2D eigenvalue weighted by Crippen LogP contribution is 1.94. The summed E-state index contributed by atoms with van der Waals surface area (Å²) in [6, 6.07) is 0. The van der Waals surface area contributed by atoms with Gasteiger partial charge in [0.2, 0.25) is 11.8 Å². The van der Waals surface area contributed by atoms with Gasteiger partial charge in [-0.1, -0.05) is 0 Å². The van der Waals surface area contributed by atoms with Crippen molar-refractivity contribution >= 4 is 11.8 Å². The topological polar surface area (TPSA) is 134 Å². The molecule has 0 heterocycles. The van der Waals surface area contributed by atoms with Crippen LogP contribution in [-0.4, -0.2) is 48.1 Å². The largest absolute Gasteiger partial charge is 0.395 e. The van der Waals surface area contributed by atoms with Gasteiger partial charge < -0.3 is 10.0 Å². The first-order valence-corrected chi connectivity index (χ1v) is 4.96. The Labute approximate surface area is 93.9 Å². The average molecular weight is 233 g/mol. The minimum absolute atomic E-state index is 0.0332. The molecule has 16 heavy (non-hydrogen) atoms. The first-order chi connectivity index (χ1) is 7.63. The number of hydrogen-bond donors (Lipinski definition) is 5. The molecule has 0 aliphatic rings. The molecule has 0 aromatic heterocycles. The number of nitrogens with two attached hydrogens (primary N) is 2. The van der Waals surface area contributed by atoms with Gasteiger partial charge in [-0.15, -0.1) is 0 Å². The van der Waals surface area contributed by atoms with Crippen molar-refractivity contribution in [3.05, 3.63) is 0 Å². The molecule has 2 amide bonds. The van der Waals surface area contributed by atoms with Crippen molar-refractivity contribution in [1.82, 2.24) is 15.8 Å². The molecule has 0 spiro atoms. The Morgan fingerprint density at radius 2 is 1.44 bits per heavy atom. The van der Waals surface area contributed by atoms with E-state index < -0.39 is 0 Å². The van der Waals surface area contributed by atoms with Crippen LogP contribution in [0.1, 0.15) is 12.8 Å². The fraction of sp³-hybridized carbons (Fsp3) is 0.750. The fourth-order valence-corrected chi connectivity index (χ4v) is 1.14. The molecule has 0 bridgehead atoms. The van der Waals surface area contributed by atoms with Crippen LogP contribution >= 0.6 is 0 Å². The zero-order chi connectivity index (χ0) is 12.4. The number of nitrogens with one attached hydrogen (secondary N) is 2. The molecule has 0 radical (unpaired) electrons. The van der Waals surface area contributed by atoms with Crippen molar-refractivity contribution in [1.29, 1.82) is 0 Å². The van der Waals surface area contributed by atoms with E-state index in [0.29, 0.717) is 19.6 Å². The molecule has 94 valence electrons. The van der Waals surface area contributed by atoms with Crippen LogP contribution in [-0.2, 0) is 9.59 Å². The molecule has 0 aromatic rings. The van der Waals surface area contributed by atoms with Gasteiger partial charge in [-0.05, 0) is 0 Å². The van der Waals surface area contributed by atoms with Gasteiger partial charge in [-0.25, -0.2) is 11.7 Å². The molecule has 0 saturated carbocycles. The highest BCUT2D eigenvalue weighted by Gasteiger charge is 2.09. The highest BCUT2D eigenvalue weighted by molar-refractivity contribution is 5.75. The molecule has 0 aromatic carbocycles. The lowest BCUT2D eigenvalue weighted by molar-refractivity contribution is -0.121. The second-order valence-corrected chi connectivity index (χ2v) is 3.20. The SMILES string of the molecule is NNC(=O)CCN(CCO)CCC(=O)NN. The zero-order valence-corrected chi connectivity index (χ0v) is 9.11. The number of rotatable bonds is 8. The first-order valence-electron chi connectivity index (χ1n) is 4.96. The summed E-state index contributed by atoms with van der Waals surface area (Å²) >= 11 is 0. The van der Waals surface area contributed by atoms with Gasteiger partial charge in [0, 0.05) is 32.5 Å². The number of amides is 2. The van der Waals surface area contributed by atoms with Crippen LogP contribution in [0.2, 0.25) is 0 Å². The molecule has 7 N–H and O–H groups in total. The molecular formula is C8H19N5O3. The van der Waals surface area contributed by atoms with Gasteiger partial charge in [0.25, 0.3) is 0 Å². The summed E-state index contributed by atoms with van der Waals surface area (Å²) < 4.78 is 0. The Kier molecular flexibility index (Phi) is 8.35. The summed E-state index contributed by atoms with van der Waals surface area (Å²) in [6.07, 6.45) is 0.446. The van der Waals surface area contributed by atoms with Crippen molar-refractivity contribution in [2.75, 3.05) is 26.2 Å². The number of carbonyl (C=O) groups is 2. The molecule has 0 saturated heterocycles. The fourth-order valence-electron chi connectivity index (χ4n) is 1.14. The molecule has 0 aliphatic heterocycles. The Bertz CT molecular complexity index is 204. The maximum atomic E-state index is 10.9. The molecule has 0 rings (SSSR count). The minimum Gasteiger partial charge on any atom is -0.395 e. The van der Waals surface area contributed by atoms with Gasteiger partial charge in [0.05, 0.1) is 6.61 Å². The summed E-state index contributed by atoms with van der Waals surface area (Å²) in [5, 5.41) is 8.79. The van der Waals surface area contributed by atoms with Gasteiger partial charge in [-0.2, -0.15) is 0 Å². The third kappa shape index (κ3) is 7.12. The van der Waals surface area contributed by atoms with Crippen molar-refractivity contribution < 1.29 is 14.7 Å². The lowest BCUT2D eigenvalue weighted by atomic mass is 10.3. The predicted molar refractivity (Wildman–Crippen MR) is 57.4 cm³/mol. The van der Waals surface area contributed by atoms with Crippen molar-refractivity contribution in [2.45, 2.75) is 12.8 Å². The lowest BCUT2D eigenvalue weighted by Crippen LogP contribution is -2.38. The summed E-state index contributed by atoms with van der Waals surface area (Å²) in [6.45, 7) is 1.23. The average Bonchev–Trinajstić information content (AvgIpc) is 2.31. The standard InChI is InChI=1S/C8H19N5O3/c9-11-7(15)1-3-13(5-6-14)4-2-8(16)12-10/h14H,1-6,9-10H2,(H,11,15)(H,12,16). The smallest absolute Gasteiger partial charge is 0.235 e. The van der Waals surface area contributed by atoms with E-state index >= 15 is 0 Å². The Morgan fingerprint density at radius 1 is 1.00 bits per heavy atom. The van der Waals surface area contributed by atoms with Crippen LogP contribution in [0.5, 0.6) is 0 Å². The van der Waals surface area contributed by atoms with Crippen LogP contribution in [0.15, 0.2) is 0 Å². The van der Waals surface area contributed by atoms with Crippen LogP contribution in [0.3, 0.4) is 0 Å². The summed E-state index contributed by atoms with van der Waals surface area (Å²) in [4.78, 5) is 23.6. The zero-order valence-electron chi connectivity index (χ0n) is 9.11. The van der Waals surface area contributed by atoms with E-state index in [9.17, 15) is 9.59 Å². The van der Waals surface area contributed by atoms with Crippen LogP contribution in [0.25, 0.3) is 0 Å². The van der Waals surface area contributed by atoms with Crippen molar-refractivity contribution in [3.8, 4) is 0 Å². The monoisotopic (exact) mass is 233 g/mol. The van der Waals surface area contributed by atoms with E-state index in [-0.39, 0.29) is 31.3 Å². The normalized spacial score (nSPS) is 10.2. The van der Waals surface area contributed by atoms with E-state index in [1.807, 2.05) is 10.9 Å². The van der Waals surface area contributed by atoms with Gasteiger partial charge in [-0.3, -0.25) is 20.4 Å². The quantitative estimate of drug-likeness (QED) is 0.173. The summed E-state index contributed by atoms with van der Waals surface area (Å²) in [7, 11) is 0. The van der Waals surface area contributed by atoms with E-state index in [1.165, 1.54) is 0 Å². The Hall–Kier alpha value is -1.22. The van der Waals surface area contributed by atoms with Gasteiger partial charge in [0.1, 0.15) is 0 Å². The highest BCUT2D eigenvalue weighted by atomic mass is 16.3. The number of nitrogens with zero attached hydrogens (tertiary/aromatic N) is 1. The van der Waals surface area contributed by atoms with E-state index in [2.05, 4.69) is 0 Å². The molecule has 0 fully saturated rings. The molecule has 8 nitrogen and oxygen atoms in total. The van der Waals surface area contributed by atoms with E-state index in [0.717, 1.165) is 0 Å². The molecule has 0 aliphatic carbocycles.